The van der Waals surface area contributed by atoms with Crippen LogP contribution in [-0.4, -0.2) is 8.07 Å². The molecule has 0 bridgehead atoms. The second kappa shape index (κ2) is 9.71. The van der Waals surface area contributed by atoms with Gasteiger partial charge in [0.05, 0.1) is 0 Å². The number of allylic oxidation sites excluding steroid dienone is 4. The maximum atomic E-state index is 2.48. The van der Waals surface area contributed by atoms with Gasteiger partial charge in [-0.1, -0.05) is 0 Å². The second-order valence-corrected chi connectivity index (χ2v) is 12.6. The Morgan fingerprint density at radius 2 is 1.59 bits per heavy atom. The molecule has 0 radical (unpaired) electrons. The monoisotopic (exact) mass is 408 g/mol. The van der Waals surface area contributed by atoms with Crippen molar-refractivity contribution >= 4 is 8.07 Å². The molecule has 0 fully saturated rings. The summed E-state index contributed by atoms with van der Waals surface area (Å²) in [4.78, 5) is 0. The van der Waals surface area contributed by atoms with E-state index in [1.807, 2.05) is 0 Å². The van der Waals surface area contributed by atoms with Crippen molar-refractivity contribution in [1.29, 1.82) is 0 Å². The summed E-state index contributed by atoms with van der Waals surface area (Å²) in [7, 11) is -1.20. The molecule has 1 aromatic carbocycles. The average molecular weight is 410 g/mol. The van der Waals surface area contributed by atoms with Crippen LogP contribution in [0.1, 0.15) is 23.1 Å². The molecule has 0 atom stereocenters. The zero-order valence-electron chi connectivity index (χ0n) is 13.9. The normalized spacial score (nSPS) is 13.9. The Balaban J connectivity index is 0. The van der Waals surface area contributed by atoms with Crippen LogP contribution in [0.4, 0.5) is 0 Å². The molecule has 1 aliphatic rings. The fourth-order valence-electron chi connectivity index (χ4n) is 2.69. The number of hydrogen-bond acceptors (Lipinski definition) is 0. The number of benzene rings is 1. The van der Waals surface area contributed by atoms with Gasteiger partial charge in [0, 0.05) is 0 Å². The first kappa shape index (κ1) is 24.7. The van der Waals surface area contributed by atoms with Gasteiger partial charge in [-0.15, -0.1) is 0 Å². The molecule has 120 valence electrons. The van der Waals surface area contributed by atoms with Crippen molar-refractivity contribution in [3.63, 3.8) is 0 Å². The van der Waals surface area contributed by atoms with Crippen molar-refractivity contribution in [1.82, 2.24) is 0 Å². The van der Waals surface area contributed by atoms with Gasteiger partial charge in [-0.25, -0.2) is 0 Å². The van der Waals surface area contributed by atoms with Crippen molar-refractivity contribution in [3.8, 4) is 0 Å². The first-order chi connectivity index (χ1) is 8.79. The fraction of sp³-hybridized carbons (Fsp3) is 0.412. The van der Waals surface area contributed by atoms with E-state index in [0.717, 1.165) is 6.42 Å². The van der Waals surface area contributed by atoms with E-state index in [2.05, 4.69) is 78.2 Å². The Kier molecular flexibility index (Phi) is 10.9. The van der Waals surface area contributed by atoms with Crippen LogP contribution in [-0.2, 0) is 26.9 Å². The SMILES string of the molecule is Cc1ccc(CC2=[C]([Ti+3])CC=C2[Si](C)(C)C)cc1C.[Cl-].[Cl-].[Cl-]. The third-order valence-corrected chi connectivity index (χ3v) is 6.87. The van der Waals surface area contributed by atoms with Crippen LogP contribution in [0.25, 0.3) is 0 Å². The standard InChI is InChI=1S/C17H23Si.3ClH.Ti/c1-13-9-10-15(11-14(13)2)12-16-7-6-8-17(16)18(3,4)5;;;;/h8-11H,6,12H2,1-5H3;3*1H;/q;;;;+3/p-3. The van der Waals surface area contributed by atoms with Crippen LogP contribution in [0.5, 0.6) is 0 Å². The summed E-state index contributed by atoms with van der Waals surface area (Å²) in [5, 5.41) is 1.68. The van der Waals surface area contributed by atoms with E-state index in [9.17, 15) is 0 Å². The first-order valence-electron chi connectivity index (χ1n) is 7.00. The summed E-state index contributed by atoms with van der Waals surface area (Å²) in [6.07, 6.45) is 4.76. The molecular weight excluding hydrogens is 386 g/mol. The summed E-state index contributed by atoms with van der Waals surface area (Å²) in [5.74, 6) is 0. The van der Waals surface area contributed by atoms with Crippen LogP contribution in [0.15, 0.2) is 38.9 Å². The van der Waals surface area contributed by atoms with Gasteiger partial charge in [-0.2, -0.15) is 0 Å². The van der Waals surface area contributed by atoms with Crippen LogP contribution in [0.3, 0.4) is 0 Å². The van der Waals surface area contributed by atoms with E-state index in [1.165, 1.54) is 23.1 Å². The molecule has 2 rings (SSSR count). The van der Waals surface area contributed by atoms with E-state index in [4.69, 9.17) is 0 Å². The Morgan fingerprint density at radius 1 is 1.00 bits per heavy atom. The van der Waals surface area contributed by atoms with Gasteiger partial charge in [-0.05, 0) is 0 Å². The third kappa shape index (κ3) is 5.85. The van der Waals surface area contributed by atoms with Gasteiger partial charge in [0.2, 0.25) is 0 Å². The topological polar surface area (TPSA) is 0 Å². The molecule has 0 unspecified atom stereocenters. The largest absolute Gasteiger partial charge is 1.00 e. The van der Waals surface area contributed by atoms with Crippen molar-refractivity contribution in [2.45, 2.75) is 46.3 Å². The van der Waals surface area contributed by atoms with Crippen molar-refractivity contribution in [2.24, 2.45) is 0 Å². The number of hydrogen-bond donors (Lipinski definition) is 0. The van der Waals surface area contributed by atoms with E-state index in [-0.39, 0.29) is 37.2 Å². The van der Waals surface area contributed by atoms with Crippen molar-refractivity contribution in [3.05, 3.63) is 55.6 Å². The van der Waals surface area contributed by atoms with Gasteiger partial charge in [0.15, 0.2) is 0 Å². The molecule has 0 amide bonds. The molecule has 0 spiro atoms. The summed E-state index contributed by atoms with van der Waals surface area (Å²) < 4.78 is 1.58. The summed E-state index contributed by atoms with van der Waals surface area (Å²) in [6.45, 7) is 11.8. The van der Waals surface area contributed by atoms with Gasteiger partial charge in [0.1, 0.15) is 0 Å². The molecule has 5 heteroatoms. The summed E-state index contributed by atoms with van der Waals surface area (Å²) in [6, 6.07) is 6.91. The van der Waals surface area contributed by atoms with Crippen LogP contribution < -0.4 is 37.2 Å². The van der Waals surface area contributed by atoms with E-state index < -0.39 is 8.07 Å². The molecule has 0 saturated carbocycles. The number of halogens is 3. The number of rotatable bonds is 3. The van der Waals surface area contributed by atoms with E-state index in [1.54, 1.807) is 14.6 Å². The molecule has 0 N–H and O–H groups in total. The predicted octanol–water partition coefficient (Wildman–Crippen LogP) is -4.13. The first-order valence-corrected chi connectivity index (χ1v) is 11.3. The fourth-order valence-corrected chi connectivity index (χ4v) is 5.25. The number of aryl methyl sites for hydroxylation is 2. The molecule has 0 saturated heterocycles. The Morgan fingerprint density at radius 3 is 2.09 bits per heavy atom. The molecule has 22 heavy (non-hydrogen) atoms. The van der Waals surface area contributed by atoms with Gasteiger partial charge >= 0.3 is 130 Å². The minimum absolute atomic E-state index is 0. The minimum Gasteiger partial charge on any atom is -1.00 e. The Bertz CT molecular complexity index is 572. The smallest absolute Gasteiger partial charge is 1.00 e. The third-order valence-electron chi connectivity index (χ3n) is 3.96. The maximum absolute atomic E-state index is 2.48. The van der Waals surface area contributed by atoms with Gasteiger partial charge in [-0.3, -0.25) is 0 Å². The minimum atomic E-state index is -1.20. The van der Waals surface area contributed by atoms with Crippen LogP contribution in [0, 0.1) is 13.8 Å². The van der Waals surface area contributed by atoms with Gasteiger partial charge < -0.3 is 37.2 Å². The molecular formula is C17H23Cl3SiTi. The maximum Gasteiger partial charge on any atom is -1.00 e. The molecule has 1 aromatic rings. The molecule has 0 heterocycles. The second-order valence-electron chi connectivity index (χ2n) is 6.62. The van der Waals surface area contributed by atoms with Crippen molar-refractivity contribution < 1.29 is 57.7 Å². The molecule has 0 aromatic heterocycles. The Labute approximate surface area is 166 Å². The van der Waals surface area contributed by atoms with E-state index in [0.29, 0.717) is 0 Å². The molecule has 0 aliphatic heterocycles. The predicted molar refractivity (Wildman–Crippen MR) is 82.7 cm³/mol. The van der Waals surface area contributed by atoms with Gasteiger partial charge in [0.25, 0.3) is 0 Å². The quantitative estimate of drug-likeness (QED) is 0.445. The summed E-state index contributed by atoms with van der Waals surface area (Å²) >= 11 is 2.31. The Hall–Kier alpha value is 0.501. The molecule has 0 nitrogen and oxygen atoms in total. The zero-order chi connectivity index (χ0) is 14.2. The summed E-state index contributed by atoms with van der Waals surface area (Å²) in [5.41, 5.74) is 5.89. The average Bonchev–Trinajstić information content (AvgIpc) is 2.65. The molecule has 1 aliphatic carbocycles. The van der Waals surface area contributed by atoms with Crippen LogP contribution in [0.2, 0.25) is 19.6 Å². The van der Waals surface area contributed by atoms with E-state index >= 15 is 0 Å². The zero-order valence-corrected chi connectivity index (χ0v) is 18.7. The van der Waals surface area contributed by atoms with Crippen molar-refractivity contribution in [2.75, 3.05) is 0 Å². The van der Waals surface area contributed by atoms with Crippen LogP contribution >= 0.6 is 0 Å².